The smallest absolute Gasteiger partial charge is 0.0685 e. The Kier molecular flexibility index (Phi) is 1.10. The Morgan fingerprint density at radius 1 is 1.33 bits per heavy atom. The molecule has 0 radical (unpaired) electrons. The summed E-state index contributed by atoms with van der Waals surface area (Å²) in [5.41, 5.74) is 0.409. The van der Waals surface area contributed by atoms with Gasteiger partial charge in [0.2, 0.25) is 0 Å². The van der Waals surface area contributed by atoms with Gasteiger partial charge in [0.15, 0.2) is 0 Å². The minimum atomic E-state index is 0.409. The Morgan fingerprint density at radius 2 is 2.11 bits per heavy atom. The molecule has 2 rings (SSSR count). The van der Waals surface area contributed by atoms with Crippen molar-refractivity contribution in [1.82, 2.24) is 0 Å². The largest absolute Gasteiger partial charge is 0.375 e. The van der Waals surface area contributed by atoms with Crippen LogP contribution in [0.4, 0.5) is 0 Å². The van der Waals surface area contributed by atoms with E-state index in [1.165, 1.54) is 25.7 Å². The van der Waals surface area contributed by atoms with Crippen LogP contribution < -0.4 is 0 Å². The fourth-order valence-corrected chi connectivity index (χ4v) is 1.52. The van der Waals surface area contributed by atoms with Crippen molar-refractivity contribution < 1.29 is 4.74 Å². The first-order valence-electron chi connectivity index (χ1n) is 3.95. The van der Waals surface area contributed by atoms with Crippen LogP contribution in [0.5, 0.6) is 0 Å². The summed E-state index contributed by atoms with van der Waals surface area (Å²) in [6.45, 7) is 3.29. The van der Waals surface area contributed by atoms with Gasteiger partial charge in [0.05, 0.1) is 5.60 Å². The molecular weight excluding hydrogens is 112 g/mol. The quantitative estimate of drug-likeness (QED) is 0.482. The molecule has 0 bridgehead atoms. The van der Waals surface area contributed by atoms with Crippen molar-refractivity contribution in [3.63, 3.8) is 0 Å². The molecule has 0 aromatic heterocycles. The molecule has 1 nitrogen and oxygen atoms in total. The molecule has 2 aliphatic rings. The second kappa shape index (κ2) is 1.72. The van der Waals surface area contributed by atoms with E-state index in [1.54, 1.807) is 0 Å². The van der Waals surface area contributed by atoms with Gasteiger partial charge < -0.3 is 4.74 Å². The van der Waals surface area contributed by atoms with Gasteiger partial charge in [-0.25, -0.2) is 0 Å². The lowest BCUT2D eigenvalue weighted by Crippen LogP contribution is -2.25. The van der Waals surface area contributed by atoms with E-state index in [1.807, 2.05) is 0 Å². The van der Waals surface area contributed by atoms with Crippen molar-refractivity contribution in [1.29, 1.82) is 0 Å². The predicted octanol–water partition coefficient (Wildman–Crippen LogP) is 1.97. The molecule has 0 unspecified atom stereocenters. The molecule has 9 heavy (non-hydrogen) atoms. The van der Waals surface area contributed by atoms with Gasteiger partial charge in [-0.15, -0.1) is 0 Å². The average molecular weight is 126 g/mol. The number of ether oxygens (including phenoxy) is 1. The fraction of sp³-hybridized carbons (Fsp3) is 1.00. The molecule has 1 atom stereocenters. The summed E-state index contributed by atoms with van der Waals surface area (Å²) in [5.74, 6) is 0.816. The molecule has 0 aromatic carbocycles. The molecule has 1 saturated heterocycles. The van der Waals surface area contributed by atoms with Gasteiger partial charge in [-0.2, -0.15) is 0 Å². The Labute approximate surface area is 56.4 Å². The normalized spacial score (nSPS) is 39.0. The zero-order valence-corrected chi connectivity index (χ0v) is 6.02. The van der Waals surface area contributed by atoms with E-state index in [4.69, 9.17) is 4.74 Å². The zero-order valence-electron chi connectivity index (χ0n) is 6.02. The van der Waals surface area contributed by atoms with Crippen molar-refractivity contribution in [2.45, 2.75) is 38.2 Å². The standard InChI is InChI=1S/C8H14O/c1-7-2-3-8(4-5-8)9-6-7/h7H,2-6H2,1H3/t7-/m1/s1. The molecule has 0 N–H and O–H groups in total. The Morgan fingerprint density at radius 3 is 2.56 bits per heavy atom. The molecule has 0 amide bonds. The molecule has 52 valence electrons. The van der Waals surface area contributed by atoms with Gasteiger partial charge in [0, 0.05) is 6.61 Å². The third kappa shape index (κ3) is 0.983. The van der Waals surface area contributed by atoms with E-state index >= 15 is 0 Å². The highest BCUT2D eigenvalue weighted by Crippen LogP contribution is 2.47. The maximum atomic E-state index is 5.69. The summed E-state index contributed by atoms with van der Waals surface area (Å²) in [6, 6.07) is 0. The fourth-order valence-electron chi connectivity index (χ4n) is 1.52. The van der Waals surface area contributed by atoms with Crippen LogP contribution in [0.2, 0.25) is 0 Å². The van der Waals surface area contributed by atoms with Crippen molar-refractivity contribution in [3.05, 3.63) is 0 Å². The van der Waals surface area contributed by atoms with Gasteiger partial charge in [-0.3, -0.25) is 0 Å². The van der Waals surface area contributed by atoms with Crippen LogP contribution in [0.25, 0.3) is 0 Å². The molecule has 1 heteroatoms. The molecular formula is C8H14O. The van der Waals surface area contributed by atoms with Crippen molar-refractivity contribution in [2.24, 2.45) is 5.92 Å². The van der Waals surface area contributed by atoms with Crippen LogP contribution in [0, 0.1) is 5.92 Å². The van der Waals surface area contributed by atoms with E-state index in [0.29, 0.717) is 5.60 Å². The lowest BCUT2D eigenvalue weighted by atomic mass is 9.99. The van der Waals surface area contributed by atoms with Gasteiger partial charge in [0.25, 0.3) is 0 Å². The summed E-state index contributed by atoms with van der Waals surface area (Å²) in [5, 5.41) is 0. The predicted molar refractivity (Wildman–Crippen MR) is 36.3 cm³/mol. The zero-order chi connectivity index (χ0) is 6.32. The Bertz CT molecular complexity index is 106. The summed E-state index contributed by atoms with van der Waals surface area (Å²) in [4.78, 5) is 0. The highest BCUT2D eigenvalue weighted by molar-refractivity contribution is 4.97. The summed E-state index contributed by atoms with van der Waals surface area (Å²) in [6.07, 6.45) is 5.38. The highest BCUT2D eigenvalue weighted by atomic mass is 16.5. The third-order valence-electron chi connectivity index (χ3n) is 2.57. The summed E-state index contributed by atoms with van der Waals surface area (Å²) >= 11 is 0. The Hall–Kier alpha value is -0.0400. The topological polar surface area (TPSA) is 9.23 Å². The maximum Gasteiger partial charge on any atom is 0.0685 e. The minimum Gasteiger partial charge on any atom is -0.375 e. The van der Waals surface area contributed by atoms with Crippen molar-refractivity contribution in [2.75, 3.05) is 6.61 Å². The van der Waals surface area contributed by atoms with E-state index in [9.17, 15) is 0 Å². The van der Waals surface area contributed by atoms with Gasteiger partial charge >= 0.3 is 0 Å². The van der Waals surface area contributed by atoms with Crippen LogP contribution in [0.3, 0.4) is 0 Å². The first-order valence-corrected chi connectivity index (χ1v) is 3.95. The van der Waals surface area contributed by atoms with Crippen LogP contribution in [-0.2, 0) is 4.74 Å². The van der Waals surface area contributed by atoms with Crippen LogP contribution in [0.15, 0.2) is 0 Å². The average Bonchev–Trinajstić information content (AvgIpc) is 2.60. The van der Waals surface area contributed by atoms with E-state index in [2.05, 4.69) is 6.92 Å². The lowest BCUT2D eigenvalue weighted by Gasteiger charge is -2.26. The first-order chi connectivity index (χ1) is 4.31. The van der Waals surface area contributed by atoms with E-state index in [0.717, 1.165) is 12.5 Å². The van der Waals surface area contributed by atoms with Gasteiger partial charge in [0.1, 0.15) is 0 Å². The van der Waals surface area contributed by atoms with Crippen LogP contribution in [0.1, 0.15) is 32.6 Å². The highest BCUT2D eigenvalue weighted by Gasteiger charge is 2.45. The van der Waals surface area contributed by atoms with Crippen LogP contribution >= 0.6 is 0 Å². The summed E-state index contributed by atoms with van der Waals surface area (Å²) < 4.78 is 5.69. The number of hydrogen-bond acceptors (Lipinski definition) is 1. The molecule has 1 spiro atoms. The second-order valence-electron chi connectivity index (χ2n) is 3.64. The molecule has 1 saturated carbocycles. The monoisotopic (exact) mass is 126 g/mol. The molecule has 1 aliphatic carbocycles. The SMILES string of the molecule is C[C@@H]1CCC2(CC2)OC1. The van der Waals surface area contributed by atoms with Gasteiger partial charge in [-0.1, -0.05) is 6.92 Å². The van der Waals surface area contributed by atoms with E-state index < -0.39 is 0 Å². The molecule has 1 heterocycles. The Balaban J connectivity index is 1.91. The maximum absolute atomic E-state index is 5.69. The number of hydrogen-bond donors (Lipinski definition) is 0. The molecule has 2 fully saturated rings. The number of rotatable bonds is 0. The molecule has 1 aliphatic heterocycles. The van der Waals surface area contributed by atoms with Crippen molar-refractivity contribution in [3.8, 4) is 0 Å². The van der Waals surface area contributed by atoms with Crippen molar-refractivity contribution >= 4 is 0 Å². The first kappa shape index (κ1) is 5.72. The van der Waals surface area contributed by atoms with Crippen LogP contribution in [-0.4, -0.2) is 12.2 Å². The lowest BCUT2D eigenvalue weighted by molar-refractivity contribution is -0.0295. The van der Waals surface area contributed by atoms with Gasteiger partial charge in [-0.05, 0) is 31.6 Å². The second-order valence-corrected chi connectivity index (χ2v) is 3.64. The minimum absolute atomic E-state index is 0.409. The molecule has 0 aromatic rings. The van der Waals surface area contributed by atoms with E-state index in [-0.39, 0.29) is 0 Å². The third-order valence-corrected chi connectivity index (χ3v) is 2.57. The summed E-state index contributed by atoms with van der Waals surface area (Å²) in [7, 11) is 0.